The third-order valence-corrected chi connectivity index (χ3v) is 3.52. The average Bonchev–Trinajstić information content (AvgIpc) is 2.88. The number of hydrogen-bond donors (Lipinski definition) is 1. The van der Waals surface area contributed by atoms with Crippen molar-refractivity contribution in [2.75, 3.05) is 11.9 Å². The lowest BCUT2D eigenvalue weighted by Crippen LogP contribution is -2.04. The molecule has 2 aromatic rings. The van der Waals surface area contributed by atoms with Gasteiger partial charge in [0.15, 0.2) is 5.78 Å². The first-order chi connectivity index (χ1) is 9.15. The molecule has 0 aliphatic carbocycles. The van der Waals surface area contributed by atoms with Gasteiger partial charge < -0.3 is 5.32 Å². The first kappa shape index (κ1) is 11.9. The second-order valence-corrected chi connectivity index (χ2v) is 4.84. The van der Waals surface area contributed by atoms with Crippen LogP contribution in [0.4, 0.5) is 10.1 Å². The van der Waals surface area contributed by atoms with Crippen LogP contribution in [0.5, 0.6) is 0 Å². The fourth-order valence-electron chi connectivity index (χ4n) is 2.44. The number of fused-ring (bicyclic) bond motifs is 1. The largest absolute Gasteiger partial charge is 0.384 e. The van der Waals surface area contributed by atoms with Crippen molar-refractivity contribution in [3.63, 3.8) is 0 Å². The van der Waals surface area contributed by atoms with Crippen molar-refractivity contribution in [2.24, 2.45) is 0 Å². The molecule has 0 fully saturated rings. The Morgan fingerprint density at radius 2 is 2.05 bits per heavy atom. The van der Waals surface area contributed by atoms with Gasteiger partial charge in [-0.1, -0.05) is 6.07 Å². The van der Waals surface area contributed by atoms with Crippen LogP contribution in [0, 0.1) is 12.7 Å². The van der Waals surface area contributed by atoms with Crippen molar-refractivity contribution < 1.29 is 9.18 Å². The van der Waals surface area contributed by atoms with Gasteiger partial charge in [-0.3, -0.25) is 4.79 Å². The Morgan fingerprint density at radius 3 is 2.89 bits per heavy atom. The van der Waals surface area contributed by atoms with Crippen LogP contribution in [0.1, 0.15) is 27.0 Å². The van der Waals surface area contributed by atoms with Crippen LogP contribution < -0.4 is 5.32 Å². The van der Waals surface area contributed by atoms with Crippen LogP contribution in [0.15, 0.2) is 36.4 Å². The Bertz CT molecular complexity index is 664. The second kappa shape index (κ2) is 4.50. The maximum Gasteiger partial charge on any atom is 0.193 e. The van der Waals surface area contributed by atoms with Crippen LogP contribution >= 0.6 is 0 Å². The number of rotatable bonds is 2. The van der Waals surface area contributed by atoms with Crippen LogP contribution in [-0.4, -0.2) is 12.3 Å². The molecule has 0 saturated heterocycles. The number of ketones is 1. The van der Waals surface area contributed by atoms with Gasteiger partial charge in [-0.25, -0.2) is 4.39 Å². The highest BCUT2D eigenvalue weighted by Gasteiger charge is 2.16. The van der Waals surface area contributed by atoms with Crippen molar-refractivity contribution in [1.82, 2.24) is 0 Å². The van der Waals surface area contributed by atoms with Crippen molar-refractivity contribution in [3.05, 3.63) is 64.5 Å². The summed E-state index contributed by atoms with van der Waals surface area (Å²) < 4.78 is 13.3. The Kier molecular flexibility index (Phi) is 2.82. The minimum atomic E-state index is -0.378. The number of benzene rings is 2. The zero-order valence-electron chi connectivity index (χ0n) is 10.7. The number of hydrogen-bond acceptors (Lipinski definition) is 2. The number of anilines is 1. The van der Waals surface area contributed by atoms with Gasteiger partial charge in [0.05, 0.1) is 0 Å². The van der Waals surface area contributed by atoms with Gasteiger partial charge in [-0.05, 0) is 54.8 Å². The molecule has 1 aliphatic rings. The van der Waals surface area contributed by atoms with E-state index >= 15 is 0 Å². The van der Waals surface area contributed by atoms with E-state index in [4.69, 9.17) is 0 Å². The molecule has 96 valence electrons. The molecule has 0 spiro atoms. The second-order valence-electron chi connectivity index (χ2n) is 4.84. The Labute approximate surface area is 111 Å². The van der Waals surface area contributed by atoms with E-state index in [1.54, 1.807) is 12.1 Å². The van der Waals surface area contributed by atoms with E-state index < -0.39 is 0 Å². The molecule has 0 bridgehead atoms. The lowest BCUT2D eigenvalue weighted by Gasteiger charge is -2.07. The summed E-state index contributed by atoms with van der Waals surface area (Å²) in [6.07, 6.45) is 0.929. The van der Waals surface area contributed by atoms with Gasteiger partial charge in [0.1, 0.15) is 5.82 Å². The lowest BCUT2D eigenvalue weighted by atomic mass is 9.97. The van der Waals surface area contributed by atoms with E-state index in [-0.39, 0.29) is 11.6 Å². The molecule has 0 saturated carbocycles. The predicted octanol–water partition coefficient (Wildman–Crippen LogP) is 3.33. The first-order valence-electron chi connectivity index (χ1n) is 6.33. The molecule has 2 aromatic carbocycles. The molecule has 1 N–H and O–H groups in total. The van der Waals surface area contributed by atoms with E-state index in [1.165, 1.54) is 12.1 Å². The van der Waals surface area contributed by atoms with Crippen molar-refractivity contribution in [3.8, 4) is 0 Å². The van der Waals surface area contributed by atoms with E-state index in [0.717, 1.165) is 29.8 Å². The molecule has 1 aliphatic heterocycles. The van der Waals surface area contributed by atoms with Gasteiger partial charge in [0.25, 0.3) is 0 Å². The van der Waals surface area contributed by atoms with Crippen molar-refractivity contribution in [2.45, 2.75) is 13.3 Å². The minimum absolute atomic E-state index is 0.119. The van der Waals surface area contributed by atoms with Gasteiger partial charge >= 0.3 is 0 Å². The van der Waals surface area contributed by atoms with E-state index in [1.807, 2.05) is 19.1 Å². The smallest absolute Gasteiger partial charge is 0.193 e. The normalized spacial score (nSPS) is 12.9. The van der Waals surface area contributed by atoms with Crippen LogP contribution in [0.3, 0.4) is 0 Å². The molecule has 0 radical (unpaired) electrons. The highest BCUT2D eigenvalue weighted by Crippen LogP contribution is 2.25. The Hall–Kier alpha value is -2.16. The zero-order chi connectivity index (χ0) is 13.4. The Morgan fingerprint density at radius 1 is 1.21 bits per heavy atom. The molecule has 0 amide bonds. The van der Waals surface area contributed by atoms with Gasteiger partial charge in [0, 0.05) is 23.4 Å². The van der Waals surface area contributed by atoms with Crippen molar-refractivity contribution >= 4 is 11.5 Å². The fraction of sp³-hybridized carbons (Fsp3) is 0.188. The third-order valence-electron chi connectivity index (χ3n) is 3.52. The molecular weight excluding hydrogens is 241 g/mol. The van der Waals surface area contributed by atoms with E-state index in [2.05, 4.69) is 5.32 Å². The Balaban J connectivity index is 2.02. The number of aryl methyl sites for hydroxylation is 1. The third kappa shape index (κ3) is 2.12. The predicted molar refractivity (Wildman–Crippen MR) is 73.2 cm³/mol. The van der Waals surface area contributed by atoms with Crippen molar-refractivity contribution in [1.29, 1.82) is 0 Å². The molecule has 3 rings (SSSR count). The average molecular weight is 255 g/mol. The molecular formula is C16H14FNO. The SMILES string of the molecule is Cc1ccc(F)cc1C(=O)c1ccc2c(c1)CCN2. The lowest BCUT2D eigenvalue weighted by molar-refractivity contribution is 0.103. The summed E-state index contributed by atoms with van der Waals surface area (Å²) in [6.45, 7) is 2.73. The molecule has 2 nitrogen and oxygen atoms in total. The maximum absolute atomic E-state index is 13.3. The maximum atomic E-state index is 13.3. The highest BCUT2D eigenvalue weighted by atomic mass is 19.1. The number of carbonyl (C=O) groups is 1. The number of halogens is 1. The topological polar surface area (TPSA) is 29.1 Å². The summed E-state index contributed by atoms with van der Waals surface area (Å²) in [5.41, 5.74) is 4.10. The minimum Gasteiger partial charge on any atom is -0.384 e. The molecule has 19 heavy (non-hydrogen) atoms. The number of carbonyl (C=O) groups excluding carboxylic acids is 1. The first-order valence-corrected chi connectivity index (χ1v) is 6.33. The molecule has 0 unspecified atom stereocenters. The molecule has 3 heteroatoms. The molecule has 1 heterocycles. The quantitative estimate of drug-likeness (QED) is 0.834. The summed E-state index contributed by atoms with van der Waals surface area (Å²) >= 11 is 0. The van der Waals surface area contributed by atoms with Crippen LogP contribution in [-0.2, 0) is 6.42 Å². The van der Waals surface area contributed by atoms with Gasteiger partial charge in [-0.15, -0.1) is 0 Å². The summed E-state index contributed by atoms with van der Waals surface area (Å²) in [5, 5.41) is 3.26. The summed E-state index contributed by atoms with van der Waals surface area (Å²) in [4.78, 5) is 12.4. The molecule has 0 atom stereocenters. The monoisotopic (exact) mass is 255 g/mol. The highest BCUT2D eigenvalue weighted by molar-refractivity contribution is 6.10. The summed E-state index contributed by atoms with van der Waals surface area (Å²) in [7, 11) is 0. The van der Waals surface area contributed by atoms with E-state index in [0.29, 0.717) is 11.1 Å². The van der Waals surface area contributed by atoms with Gasteiger partial charge in [-0.2, -0.15) is 0 Å². The van der Waals surface area contributed by atoms with E-state index in [9.17, 15) is 9.18 Å². The van der Waals surface area contributed by atoms with Gasteiger partial charge in [0.2, 0.25) is 0 Å². The zero-order valence-corrected chi connectivity index (χ0v) is 10.7. The molecule has 0 aromatic heterocycles. The number of nitrogens with one attached hydrogen (secondary N) is 1. The summed E-state index contributed by atoms with van der Waals surface area (Å²) in [6, 6.07) is 9.94. The van der Waals surface area contributed by atoms with Crippen LogP contribution in [0.25, 0.3) is 0 Å². The summed E-state index contributed by atoms with van der Waals surface area (Å²) in [5.74, 6) is -0.497. The fourth-order valence-corrected chi connectivity index (χ4v) is 2.44. The van der Waals surface area contributed by atoms with Crippen LogP contribution in [0.2, 0.25) is 0 Å². The standard InChI is InChI=1S/C16H14FNO/c1-10-2-4-13(17)9-14(10)16(19)12-3-5-15-11(8-12)6-7-18-15/h2-5,8-9,18H,6-7H2,1H3.